The van der Waals surface area contributed by atoms with Gasteiger partial charge in [0.1, 0.15) is 6.54 Å². The van der Waals surface area contributed by atoms with Crippen LogP contribution in [0.2, 0.25) is 0 Å². The highest BCUT2D eigenvalue weighted by Gasteiger charge is 2.14. The van der Waals surface area contributed by atoms with Crippen LogP contribution in [-0.4, -0.2) is 42.9 Å². The van der Waals surface area contributed by atoms with Crippen LogP contribution in [0.3, 0.4) is 0 Å². The van der Waals surface area contributed by atoms with Crippen LogP contribution in [0.4, 0.5) is 0 Å². The molecule has 0 aliphatic carbocycles. The Kier molecular flexibility index (Phi) is 4.32. The number of quaternary nitrogens is 1. The molecule has 1 atom stereocenters. The number of hydrogen-bond donors (Lipinski definition) is 1. The third-order valence-electron chi connectivity index (χ3n) is 1.97. The third-order valence-corrected chi connectivity index (χ3v) is 1.97. The van der Waals surface area contributed by atoms with Crippen LogP contribution >= 0.6 is 0 Å². The number of aliphatic hydroxyl groups excluding tert-OH is 1. The van der Waals surface area contributed by atoms with Gasteiger partial charge in [0.05, 0.1) is 26.7 Å². The molecule has 0 aliphatic rings. The summed E-state index contributed by atoms with van der Waals surface area (Å²) in [5, 5.41) is 8.71. The Hall–Kier alpha value is -0.340. The molecule has 1 N–H and O–H groups in total. The monoisotopic (exact) mass is 144 g/mol. The van der Waals surface area contributed by atoms with E-state index >= 15 is 0 Å². The SMILES string of the molecule is C=CC[N+](C)(CC)CCO. The van der Waals surface area contributed by atoms with Gasteiger partial charge < -0.3 is 9.59 Å². The molecule has 0 bridgehead atoms. The predicted octanol–water partition coefficient (Wildman–Crippen LogP) is 0.631. The quantitative estimate of drug-likeness (QED) is 0.443. The standard InChI is InChI=1S/C8H18NO/c1-4-6-9(3,5-2)7-8-10/h4,10H,1,5-8H2,2-3H3/q+1. The molecule has 0 aromatic rings. The molecule has 2 nitrogen and oxygen atoms in total. The highest BCUT2D eigenvalue weighted by Crippen LogP contribution is 1.99. The number of likely N-dealkylation sites (N-methyl/N-ethyl adjacent to an activating group) is 1. The third kappa shape index (κ3) is 2.99. The van der Waals surface area contributed by atoms with Crippen LogP contribution in [-0.2, 0) is 0 Å². The largest absolute Gasteiger partial charge is 0.391 e. The lowest BCUT2D eigenvalue weighted by molar-refractivity contribution is -0.902. The summed E-state index contributed by atoms with van der Waals surface area (Å²) < 4.78 is 0.889. The molecule has 0 spiro atoms. The normalized spacial score (nSPS) is 16.3. The molecule has 0 rings (SSSR count). The molecule has 0 radical (unpaired) electrons. The van der Waals surface area contributed by atoms with Crippen molar-refractivity contribution in [3.8, 4) is 0 Å². The van der Waals surface area contributed by atoms with Crippen molar-refractivity contribution in [3.05, 3.63) is 12.7 Å². The molecule has 0 aromatic heterocycles. The van der Waals surface area contributed by atoms with Gasteiger partial charge in [0.25, 0.3) is 0 Å². The average molecular weight is 144 g/mol. The lowest BCUT2D eigenvalue weighted by Crippen LogP contribution is -2.45. The molecule has 1 unspecified atom stereocenters. The fraction of sp³-hybridized carbons (Fsp3) is 0.750. The maximum absolute atomic E-state index is 8.71. The molecule has 0 saturated carbocycles. The van der Waals surface area contributed by atoms with Crippen molar-refractivity contribution < 1.29 is 9.59 Å². The summed E-state index contributed by atoms with van der Waals surface area (Å²) in [5.41, 5.74) is 0. The number of nitrogens with zero attached hydrogens (tertiary/aromatic N) is 1. The first-order chi connectivity index (χ1) is 4.68. The summed E-state index contributed by atoms with van der Waals surface area (Å²) >= 11 is 0. The minimum absolute atomic E-state index is 0.262. The summed E-state index contributed by atoms with van der Waals surface area (Å²) in [7, 11) is 2.12. The van der Waals surface area contributed by atoms with E-state index in [9.17, 15) is 0 Å². The van der Waals surface area contributed by atoms with Crippen LogP contribution in [0, 0.1) is 0 Å². The molecule has 0 aromatic carbocycles. The smallest absolute Gasteiger partial charge is 0.102 e. The molecular formula is C8H18NO+. The van der Waals surface area contributed by atoms with E-state index in [-0.39, 0.29) is 6.61 Å². The molecule has 0 aliphatic heterocycles. The number of hydrogen-bond acceptors (Lipinski definition) is 1. The first-order valence-corrected chi connectivity index (χ1v) is 3.74. The lowest BCUT2D eigenvalue weighted by atomic mass is 10.4. The minimum atomic E-state index is 0.262. The number of aliphatic hydroxyl groups is 1. The van der Waals surface area contributed by atoms with Crippen molar-refractivity contribution >= 4 is 0 Å². The van der Waals surface area contributed by atoms with Gasteiger partial charge >= 0.3 is 0 Å². The van der Waals surface area contributed by atoms with E-state index in [1.807, 2.05) is 6.08 Å². The molecule has 2 heteroatoms. The van der Waals surface area contributed by atoms with E-state index in [2.05, 4.69) is 20.6 Å². The van der Waals surface area contributed by atoms with Crippen LogP contribution in [0.15, 0.2) is 12.7 Å². The molecular weight excluding hydrogens is 126 g/mol. The molecule has 10 heavy (non-hydrogen) atoms. The van der Waals surface area contributed by atoms with Crippen LogP contribution in [0.5, 0.6) is 0 Å². The maximum atomic E-state index is 8.71. The Labute approximate surface area is 63.4 Å². The Morgan fingerprint density at radius 2 is 2.20 bits per heavy atom. The predicted molar refractivity (Wildman–Crippen MR) is 43.7 cm³/mol. The lowest BCUT2D eigenvalue weighted by Gasteiger charge is -2.31. The van der Waals surface area contributed by atoms with Gasteiger partial charge in [-0.25, -0.2) is 0 Å². The zero-order chi connectivity index (χ0) is 8.04. The van der Waals surface area contributed by atoms with Gasteiger partial charge in [-0.3, -0.25) is 0 Å². The van der Waals surface area contributed by atoms with Gasteiger partial charge in [-0.05, 0) is 13.0 Å². The molecule has 0 amide bonds. The molecule has 60 valence electrons. The zero-order valence-electron chi connectivity index (χ0n) is 7.01. The summed E-state index contributed by atoms with van der Waals surface area (Å²) in [5.74, 6) is 0. The highest BCUT2D eigenvalue weighted by molar-refractivity contribution is 4.64. The number of rotatable bonds is 5. The van der Waals surface area contributed by atoms with Crippen molar-refractivity contribution in [1.29, 1.82) is 0 Å². The molecule has 0 saturated heterocycles. The van der Waals surface area contributed by atoms with Gasteiger partial charge in [0.2, 0.25) is 0 Å². The molecule has 0 fully saturated rings. The van der Waals surface area contributed by atoms with E-state index in [1.165, 1.54) is 0 Å². The second-order valence-electron chi connectivity index (χ2n) is 2.85. The van der Waals surface area contributed by atoms with Crippen molar-refractivity contribution in [2.24, 2.45) is 0 Å². The Balaban J connectivity index is 3.80. The maximum Gasteiger partial charge on any atom is 0.102 e. The summed E-state index contributed by atoms with van der Waals surface area (Å²) in [6.07, 6.45) is 1.90. The van der Waals surface area contributed by atoms with E-state index in [0.717, 1.165) is 24.1 Å². The van der Waals surface area contributed by atoms with Crippen molar-refractivity contribution in [2.75, 3.05) is 33.3 Å². The summed E-state index contributed by atoms with van der Waals surface area (Å²) in [6.45, 7) is 8.88. The average Bonchev–Trinajstić information content (AvgIpc) is 1.89. The Morgan fingerprint density at radius 3 is 2.50 bits per heavy atom. The van der Waals surface area contributed by atoms with Crippen molar-refractivity contribution in [2.45, 2.75) is 6.92 Å². The Bertz CT molecular complexity index is 103. The first kappa shape index (κ1) is 9.66. The van der Waals surface area contributed by atoms with E-state index in [0.29, 0.717) is 0 Å². The van der Waals surface area contributed by atoms with E-state index < -0.39 is 0 Å². The van der Waals surface area contributed by atoms with Gasteiger partial charge in [-0.1, -0.05) is 6.58 Å². The van der Waals surface area contributed by atoms with Crippen LogP contribution in [0.25, 0.3) is 0 Å². The van der Waals surface area contributed by atoms with Crippen LogP contribution < -0.4 is 0 Å². The second-order valence-corrected chi connectivity index (χ2v) is 2.85. The fourth-order valence-electron chi connectivity index (χ4n) is 0.932. The second kappa shape index (κ2) is 4.47. The van der Waals surface area contributed by atoms with Crippen molar-refractivity contribution in [3.63, 3.8) is 0 Å². The molecule has 0 heterocycles. The first-order valence-electron chi connectivity index (χ1n) is 3.74. The topological polar surface area (TPSA) is 20.2 Å². The Morgan fingerprint density at radius 1 is 1.60 bits per heavy atom. The van der Waals surface area contributed by atoms with Crippen molar-refractivity contribution in [1.82, 2.24) is 0 Å². The van der Waals surface area contributed by atoms with E-state index in [1.54, 1.807) is 0 Å². The highest BCUT2D eigenvalue weighted by atomic mass is 16.3. The van der Waals surface area contributed by atoms with Crippen LogP contribution in [0.1, 0.15) is 6.92 Å². The summed E-state index contributed by atoms with van der Waals surface area (Å²) in [4.78, 5) is 0. The summed E-state index contributed by atoms with van der Waals surface area (Å²) in [6, 6.07) is 0. The zero-order valence-corrected chi connectivity index (χ0v) is 7.01. The van der Waals surface area contributed by atoms with Gasteiger partial charge in [-0.2, -0.15) is 0 Å². The fourth-order valence-corrected chi connectivity index (χ4v) is 0.932. The van der Waals surface area contributed by atoms with Gasteiger partial charge in [0, 0.05) is 0 Å². The van der Waals surface area contributed by atoms with E-state index in [4.69, 9.17) is 5.11 Å². The van der Waals surface area contributed by atoms with Gasteiger partial charge in [0.15, 0.2) is 0 Å². The minimum Gasteiger partial charge on any atom is -0.391 e. The van der Waals surface area contributed by atoms with Gasteiger partial charge in [-0.15, -0.1) is 0 Å².